The summed E-state index contributed by atoms with van der Waals surface area (Å²) in [6.07, 6.45) is 2.35. The normalized spacial score (nSPS) is 24.6. The molecule has 1 aromatic rings. The zero-order valence-electron chi connectivity index (χ0n) is 13.8. The van der Waals surface area contributed by atoms with Crippen molar-refractivity contribution in [3.05, 3.63) is 23.2 Å². The molecule has 138 valence electrons. The molecule has 1 aromatic carbocycles. The Labute approximate surface area is 152 Å². The summed E-state index contributed by atoms with van der Waals surface area (Å²) in [4.78, 5) is 12.3. The molecular weight excluding hydrogens is 366 g/mol. The number of rotatable bonds is 5. The summed E-state index contributed by atoms with van der Waals surface area (Å²) in [5.41, 5.74) is 5.93. The summed E-state index contributed by atoms with van der Waals surface area (Å²) in [6.45, 7) is 1.36. The fourth-order valence-electron chi connectivity index (χ4n) is 3.14. The molecular formula is C16H22ClN3O4S. The third kappa shape index (κ3) is 3.98. The van der Waals surface area contributed by atoms with Gasteiger partial charge in [-0.1, -0.05) is 11.6 Å². The Morgan fingerprint density at radius 2 is 2.04 bits per heavy atom. The van der Waals surface area contributed by atoms with Crippen molar-refractivity contribution in [1.82, 2.24) is 4.31 Å². The number of halogens is 1. The van der Waals surface area contributed by atoms with Gasteiger partial charge in [0.2, 0.25) is 10.0 Å². The topological polar surface area (TPSA) is 102 Å². The highest BCUT2D eigenvalue weighted by atomic mass is 35.5. The average Bonchev–Trinajstić information content (AvgIpc) is 3.28. The van der Waals surface area contributed by atoms with Crippen molar-refractivity contribution in [2.45, 2.75) is 42.8 Å². The maximum atomic E-state index is 12.7. The van der Waals surface area contributed by atoms with Crippen LogP contribution in [-0.4, -0.2) is 50.5 Å². The molecule has 0 saturated carbocycles. The first-order chi connectivity index (χ1) is 11.9. The number of anilines is 1. The Kier molecular flexibility index (Phi) is 5.65. The minimum Gasteiger partial charge on any atom is -0.364 e. The Hall–Kier alpha value is -1.19. The predicted octanol–water partition coefficient (Wildman–Crippen LogP) is 1.57. The minimum absolute atomic E-state index is 0.0149. The van der Waals surface area contributed by atoms with Gasteiger partial charge in [0.25, 0.3) is 5.91 Å². The van der Waals surface area contributed by atoms with E-state index in [-0.39, 0.29) is 21.9 Å². The number of ether oxygens (including phenoxy) is 1. The van der Waals surface area contributed by atoms with Crippen LogP contribution in [0.1, 0.15) is 25.7 Å². The van der Waals surface area contributed by atoms with Crippen molar-refractivity contribution in [3.8, 4) is 0 Å². The number of sulfonamides is 1. The van der Waals surface area contributed by atoms with Gasteiger partial charge in [0, 0.05) is 25.3 Å². The van der Waals surface area contributed by atoms with Crippen LogP contribution in [0.2, 0.25) is 5.02 Å². The maximum Gasteiger partial charge on any atom is 0.253 e. The number of amides is 1. The van der Waals surface area contributed by atoms with Crippen LogP contribution in [-0.2, 0) is 19.6 Å². The molecule has 2 atom stereocenters. The van der Waals surface area contributed by atoms with Gasteiger partial charge in [-0.15, -0.1) is 0 Å². The minimum atomic E-state index is -3.66. The Bertz CT molecular complexity index is 750. The van der Waals surface area contributed by atoms with E-state index in [1.165, 1.54) is 16.4 Å². The molecule has 2 aliphatic rings. The number of benzene rings is 1. The van der Waals surface area contributed by atoms with Crippen LogP contribution in [0.25, 0.3) is 0 Å². The lowest BCUT2D eigenvalue weighted by Crippen LogP contribution is -2.30. The smallest absolute Gasteiger partial charge is 0.253 e. The molecule has 0 spiro atoms. The van der Waals surface area contributed by atoms with Crippen LogP contribution in [0.4, 0.5) is 5.69 Å². The molecule has 2 fully saturated rings. The molecule has 2 heterocycles. The SMILES string of the molecule is NC[C@H]1CC[C@@H](C(=O)Nc2ccc(Cl)c(S(=O)(=O)N3CCCC3)c2)O1. The van der Waals surface area contributed by atoms with E-state index in [4.69, 9.17) is 22.1 Å². The molecule has 25 heavy (non-hydrogen) atoms. The molecule has 0 bridgehead atoms. The van der Waals surface area contributed by atoms with Gasteiger partial charge in [0.05, 0.1) is 11.1 Å². The van der Waals surface area contributed by atoms with Gasteiger partial charge in [-0.25, -0.2) is 8.42 Å². The number of hydrogen-bond donors (Lipinski definition) is 2. The third-order valence-corrected chi connectivity index (χ3v) is 6.92. The fraction of sp³-hybridized carbons (Fsp3) is 0.562. The van der Waals surface area contributed by atoms with Crippen molar-refractivity contribution in [3.63, 3.8) is 0 Å². The first-order valence-electron chi connectivity index (χ1n) is 8.38. The van der Waals surface area contributed by atoms with Crippen molar-refractivity contribution in [2.75, 3.05) is 25.0 Å². The predicted molar refractivity (Wildman–Crippen MR) is 95.0 cm³/mol. The molecule has 7 nitrogen and oxygen atoms in total. The summed E-state index contributed by atoms with van der Waals surface area (Å²) in [7, 11) is -3.66. The summed E-state index contributed by atoms with van der Waals surface area (Å²) >= 11 is 6.10. The standard InChI is InChI=1S/C16H22ClN3O4S/c17-13-5-3-11(19-16(21)14-6-4-12(10-18)24-14)9-15(13)25(22,23)20-7-1-2-8-20/h3,5,9,12,14H,1-2,4,6-8,10,18H2,(H,19,21)/t12-,14+/m1/s1. The van der Waals surface area contributed by atoms with E-state index in [2.05, 4.69) is 5.32 Å². The Morgan fingerprint density at radius 3 is 2.68 bits per heavy atom. The van der Waals surface area contributed by atoms with E-state index in [0.29, 0.717) is 31.7 Å². The van der Waals surface area contributed by atoms with Crippen molar-refractivity contribution < 1.29 is 17.9 Å². The molecule has 0 radical (unpaired) electrons. The first kappa shape index (κ1) is 18.6. The van der Waals surface area contributed by atoms with Gasteiger partial charge in [0.15, 0.2) is 0 Å². The highest BCUT2D eigenvalue weighted by Gasteiger charge is 2.31. The maximum absolute atomic E-state index is 12.7. The second-order valence-electron chi connectivity index (χ2n) is 6.31. The summed E-state index contributed by atoms with van der Waals surface area (Å²) < 4.78 is 32.4. The molecule has 9 heteroatoms. The van der Waals surface area contributed by atoms with Crippen molar-refractivity contribution in [2.24, 2.45) is 5.73 Å². The zero-order chi connectivity index (χ0) is 18.0. The van der Waals surface area contributed by atoms with E-state index in [1.54, 1.807) is 6.07 Å². The lowest BCUT2D eigenvalue weighted by Gasteiger charge is -2.18. The molecule has 0 aromatic heterocycles. The van der Waals surface area contributed by atoms with Gasteiger partial charge in [0.1, 0.15) is 11.0 Å². The molecule has 0 unspecified atom stereocenters. The van der Waals surface area contributed by atoms with E-state index < -0.39 is 16.1 Å². The largest absolute Gasteiger partial charge is 0.364 e. The number of nitrogens with two attached hydrogens (primary N) is 1. The van der Waals surface area contributed by atoms with Gasteiger partial charge >= 0.3 is 0 Å². The Balaban J connectivity index is 1.76. The second-order valence-corrected chi connectivity index (χ2v) is 8.62. The van der Waals surface area contributed by atoms with Crippen LogP contribution >= 0.6 is 11.6 Å². The number of carbonyl (C=O) groups excluding carboxylic acids is 1. The van der Waals surface area contributed by atoms with Crippen LogP contribution in [0, 0.1) is 0 Å². The van der Waals surface area contributed by atoms with E-state index >= 15 is 0 Å². The highest BCUT2D eigenvalue weighted by molar-refractivity contribution is 7.89. The van der Waals surface area contributed by atoms with E-state index in [1.807, 2.05) is 0 Å². The van der Waals surface area contributed by atoms with Crippen LogP contribution < -0.4 is 11.1 Å². The van der Waals surface area contributed by atoms with Crippen LogP contribution in [0.15, 0.2) is 23.1 Å². The first-order valence-corrected chi connectivity index (χ1v) is 10.2. The molecule has 2 aliphatic heterocycles. The highest BCUT2D eigenvalue weighted by Crippen LogP contribution is 2.30. The average molecular weight is 388 g/mol. The van der Waals surface area contributed by atoms with Crippen LogP contribution in [0.5, 0.6) is 0 Å². The van der Waals surface area contributed by atoms with Gasteiger partial charge in [-0.3, -0.25) is 4.79 Å². The zero-order valence-corrected chi connectivity index (χ0v) is 15.4. The lowest BCUT2D eigenvalue weighted by molar-refractivity contribution is -0.126. The van der Waals surface area contributed by atoms with E-state index in [9.17, 15) is 13.2 Å². The number of carbonyl (C=O) groups is 1. The van der Waals surface area contributed by atoms with Crippen molar-refractivity contribution >= 4 is 33.2 Å². The lowest BCUT2D eigenvalue weighted by atomic mass is 10.2. The van der Waals surface area contributed by atoms with Gasteiger partial charge in [-0.05, 0) is 43.9 Å². The second kappa shape index (κ2) is 7.59. The number of nitrogens with zero attached hydrogens (tertiary/aromatic N) is 1. The summed E-state index contributed by atoms with van der Waals surface area (Å²) in [5.74, 6) is -0.303. The molecule has 0 aliphatic carbocycles. The third-order valence-electron chi connectivity index (χ3n) is 4.54. The number of hydrogen-bond acceptors (Lipinski definition) is 5. The summed E-state index contributed by atoms with van der Waals surface area (Å²) in [5, 5.41) is 2.86. The van der Waals surface area contributed by atoms with Crippen LogP contribution in [0.3, 0.4) is 0 Å². The number of nitrogens with one attached hydrogen (secondary N) is 1. The quantitative estimate of drug-likeness (QED) is 0.798. The van der Waals surface area contributed by atoms with Crippen molar-refractivity contribution in [1.29, 1.82) is 0 Å². The molecule has 1 amide bonds. The Morgan fingerprint density at radius 1 is 1.32 bits per heavy atom. The monoisotopic (exact) mass is 387 g/mol. The molecule has 2 saturated heterocycles. The fourth-order valence-corrected chi connectivity index (χ4v) is 5.16. The van der Waals surface area contributed by atoms with Gasteiger partial charge in [-0.2, -0.15) is 4.31 Å². The summed E-state index contributed by atoms with van der Waals surface area (Å²) in [6, 6.07) is 4.47. The van der Waals surface area contributed by atoms with Gasteiger partial charge < -0.3 is 15.8 Å². The molecule has 3 N–H and O–H groups in total. The van der Waals surface area contributed by atoms with E-state index in [0.717, 1.165) is 19.3 Å². The molecule has 3 rings (SSSR count).